The van der Waals surface area contributed by atoms with Crippen molar-refractivity contribution in [1.82, 2.24) is 9.97 Å². The molecule has 2 rings (SSSR count). The molecular weight excluding hydrogens is 302 g/mol. The molecule has 6 nitrogen and oxygen atoms in total. The average Bonchev–Trinajstić information content (AvgIpc) is 2.55. The van der Waals surface area contributed by atoms with Crippen molar-refractivity contribution in [3.05, 3.63) is 36.0 Å². The van der Waals surface area contributed by atoms with Crippen molar-refractivity contribution in [3.8, 4) is 5.75 Å². The Hall–Kier alpha value is -2.28. The number of esters is 1. The second kappa shape index (κ2) is 7.65. The number of methoxy groups -OCH3 is 1. The van der Waals surface area contributed by atoms with E-state index < -0.39 is 5.97 Å². The summed E-state index contributed by atoms with van der Waals surface area (Å²) < 4.78 is 10.3. The third kappa shape index (κ3) is 3.67. The maximum Gasteiger partial charge on any atom is 0.343 e. The van der Waals surface area contributed by atoms with Crippen LogP contribution in [0, 0.1) is 0 Å². The summed E-state index contributed by atoms with van der Waals surface area (Å²) in [4.78, 5) is 20.5. The smallest absolute Gasteiger partial charge is 0.343 e. The Balaban J connectivity index is 2.41. The molecule has 7 heteroatoms. The van der Waals surface area contributed by atoms with Crippen LogP contribution < -0.4 is 10.1 Å². The highest BCUT2D eigenvalue weighted by atomic mass is 32.2. The molecule has 0 atom stereocenters. The molecule has 0 aliphatic carbocycles. The number of thioether (sulfide) groups is 1. The summed E-state index contributed by atoms with van der Waals surface area (Å²) in [6.45, 7) is 2.04. The van der Waals surface area contributed by atoms with Crippen LogP contribution in [0.3, 0.4) is 0 Å². The average molecular weight is 319 g/mol. The number of carbonyl (C=O) groups is 1. The van der Waals surface area contributed by atoms with Gasteiger partial charge in [-0.25, -0.2) is 14.8 Å². The quantitative estimate of drug-likeness (QED) is 0.498. The number of ether oxygens (including phenoxy) is 2. The van der Waals surface area contributed by atoms with Crippen molar-refractivity contribution in [2.45, 2.75) is 12.1 Å². The summed E-state index contributed by atoms with van der Waals surface area (Å²) in [5.74, 6) is 0.580. The number of rotatable bonds is 6. The van der Waals surface area contributed by atoms with Crippen LogP contribution in [0.2, 0.25) is 0 Å². The normalized spacial score (nSPS) is 10.1. The van der Waals surface area contributed by atoms with Crippen molar-refractivity contribution in [3.63, 3.8) is 0 Å². The molecule has 0 saturated carbocycles. The summed E-state index contributed by atoms with van der Waals surface area (Å²) in [6, 6.07) is 7.40. The maximum absolute atomic E-state index is 12.0. The molecule has 0 unspecified atom stereocenters. The number of para-hydroxylation sites is 2. The van der Waals surface area contributed by atoms with Crippen molar-refractivity contribution < 1.29 is 14.3 Å². The Kier molecular flexibility index (Phi) is 5.60. The molecular formula is C15H17N3O3S. The van der Waals surface area contributed by atoms with E-state index >= 15 is 0 Å². The summed E-state index contributed by atoms with van der Waals surface area (Å²) in [5, 5.41) is 3.68. The fourth-order valence-electron chi connectivity index (χ4n) is 1.79. The highest BCUT2D eigenvalue weighted by Gasteiger charge is 2.17. The molecule has 0 spiro atoms. The second-order valence-corrected chi connectivity index (χ2v) is 4.94. The molecule has 22 heavy (non-hydrogen) atoms. The molecule has 1 heterocycles. The number of nitrogens with one attached hydrogen (secondary N) is 1. The topological polar surface area (TPSA) is 73.3 Å². The molecule has 0 amide bonds. The van der Waals surface area contributed by atoms with Crippen molar-refractivity contribution in [2.75, 3.05) is 25.3 Å². The Morgan fingerprint density at radius 2 is 2.14 bits per heavy atom. The van der Waals surface area contributed by atoms with Gasteiger partial charge in [-0.3, -0.25) is 0 Å². The highest BCUT2D eigenvalue weighted by Crippen LogP contribution is 2.28. The summed E-state index contributed by atoms with van der Waals surface area (Å²) in [7, 11) is 1.58. The van der Waals surface area contributed by atoms with E-state index in [1.54, 1.807) is 14.0 Å². The van der Waals surface area contributed by atoms with Crippen LogP contribution in [0.5, 0.6) is 5.75 Å². The predicted octanol–water partition coefficient (Wildman–Crippen LogP) is 3.13. The molecule has 0 aliphatic rings. The molecule has 0 aliphatic heterocycles. The molecule has 0 bridgehead atoms. The van der Waals surface area contributed by atoms with E-state index in [-0.39, 0.29) is 12.2 Å². The molecule has 2 aromatic rings. The van der Waals surface area contributed by atoms with Gasteiger partial charge in [-0.15, -0.1) is 0 Å². The Bertz CT molecular complexity index is 664. The number of aromatic nitrogens is 2. The first-order chi connectivity index (χ1) is 10.7. The summed E-state index contributed by atoms with van der Waals surface area (Å²) in [6.07, 6.45) is 3.33. The molecule has 1 N–H and O–H groups in total. The van der Waals surface area contributed by atoms with Crippen LogP contribution in [0.4, 0.5) is 11.5 Å². The third-order valence-corrected chi connectivity index (χ3v) is 3.37. The van der Waals surface area contributed by atoms with Crippen LogP contribution in [0.25, 0.3) is 0 Å². The molecule has 116 valence electrons. The van der Waals surface area contributed by atoms with Crippen LogP contribution in [-0.2, 0) is 4.74 Å². The SMILES string of the molecule is CCOC(=O)c1cnc(SC)nc1Nc1ccccc1OC. The van der Waals surface area contributed by atoms with E-state index in [0.29, 0.717) is 22.4 Å². The van der Waals surface area contributed by atoms with Crippen molar-refractivity contribution >= 4 is 29.2 Å². The molecule has 1 aromatic carbocycles. The Labute approximate surface area is 133 Å². The maximum atomic E-state index is 12.0. The molecule has 0 radical (unpaired) electrons. The minimum absolute atomic E-state index is 0.283. The van der Waals surface area contributed by atoms with E-state index in [0.717, 1.165) is 0 Å². The van der Waals surface area contributed by atoms with Gasteiger partial charge in [0.15, 0.2) is 5.16 Å². The third-order valence-electron chi connectivity index (χ3n) is 2.80. The standard InChI is InChI=1S/C15H17N3O3S/c1-4-21-14(19)10-9-16-15(22-3)18-13(10)17-11-7-5-6-8-12(11)20-2/h5-9H,4H2,1-3H3,(H,16,17,18). The van der Waals surface area contributed by atoms with E-state index in [4.69, 9.17) is 9.47 Å². The van der Waals surface area contributed by atoms with Gasteiger partial charge in [0.1, 0.15) is 17.1 Å². The van der Waals surface area contributed by atoms with Crippen molar-refractivity contribution in [2.24, 2.45) is 0 Å². The molecule has 0 saturated heterocycles. The van der Waals surface area contributed by atoms with Gasteiger partial charge in [-0.05, 0) is 25.3 Å². The minimum Gasteiger partial charge on any atom is -0.495 e. The minimum atomic E-state index is -0.465. The highest BCUT2D eigenvalue weighted by molar-refractivity contribution is 7.98. The monoisotopic (exact) mass is 319 g/mol. The van der Waals surface area contributed by atoms with Gasteiger partial charge in [0.25, 0.3) is 0 Å². The molecule has 0 fully saturated rings. The van der Waals surface area contributed by atoms with Crippen LogP contribution >= 0.6 is 11.8 Å². The van der Waals surface area contributed by atoms with E-state index in [1.165, 1.54) is 18.0 Å². The van der Waals surface area contributed by atoms with Gasteiger partial charge in [0, 0.05) is 6.20 Å². The lowest BCUT2D eigenvalue weighted by Crippen LogP contribution is -2.11. The summed E-state index contributed by atoms with van der Waals surface area (Å²) in [5.41, 5.74) is 0.992. The zero-order chi connectivity index (χ0) is 15.9. The molecule has 1 aromatic heterocycles. The number of nitrogens with zero attached hydrogens (tertiary/aromatic N) is 2. The number of carbonyl (C=O) groups excluding carboxylic acids is 1. The van der Waals surface area contributed by atoms with Crippen molar-refractivity contribution in [1.29, 1.82) is 0 Å². The zero-order valence-corrected chi connectivity index (χ0v) is 13.4. The lowest BCUT2D eigenvalue weighted by molar-refractivity contribution is 0.0526. The van der Waals surface area contributed by atoms with E-state index in [2.05, 4.69) is 15.3 Å². The fourth-order valence-corrected chi connectivity index (χ4v) is 2.13. The predicted molar refractivity (Wildman–Crippen MR) is 86.0 cm³/mol. The van der Waals surface area contributed by atoms with E-state index in [9.17, 15) is 4.79 Å². The van der Waals surface area contributed by atoms with Gasteiger partial charge < -0.3 is 14.8 Å². The van der Waals surface area contributed by atoms with Gasteiger partial charge in [0.2, 0.25) is 0 Å². The van der Waals surface area contributed by atoms with Gasteiger partial charge in [0.05, 0.1) is 19.4 Å². The Morgan fingerprint density at radius 1 is 1.36 bits per heavy atom. The van der Waals surface area contributed by atoms with Crippen LogP contribution in [0.1, 0.15) is 17.3 Å². The fraction of sp³-hybridized carbons (Fsp3) is 0.267. The Morgan fingerprint density at radius 3 is 2.82 bits per heavy atom. The lowest BCUT2D eigenvalue weighted by Gasteiger charge is -2.13. The number of hydrogen-bond donors (Lipinski definition) is 1. The zero-order valence-electron chi connectivity index (χ0n) is 12.6. The van der Waals surface area contributed by atoms with Gasteiger partial charge in [-0.1, -0.05) is 23.9 Å². The first kappa shape index (κ1) is 16.1. The second-order valence-electron chi connectivity index (χ2n) is 4.16. The first-order valence-electron chi connectivity index (χ1n) is 6.67. The van der Waals surface area contributed by atoms with Crippen LogP contribution in [-0.4, -0.2) is 35.9 Å². The van der Waals surface area contributed by atoms with Gasteiger partial charge >= 0.3 is 5.97 Å². The lowest BCUT2D eigenvalue weighted by atomic mass is 10.2. The summed E-state index contributed by atoms with van der Waals surface area (Å²) >= 11 is 1.39. The van der Waals surface area contributed by atoms with E-state index in [1.807, 2.05) is 30.5 Å². The first-order valence-corrected chi connectivity index (χ1v) is 7.90. The largest absolute Gasteiger partial charge is 0.495 e. The van der Waals surface area contributed by atoms with Gasteiger partial charge in [-0.2, -0.15) is 0 Å². The van der Waals surface area contributed by atoms with Crippen LogP contribution in [0.15, 0.2) is 35.6 Å². The number of hydrogen-bond acceptors (Lipinski definition) is 7. The number of benzene rings is 1. The number of anilines is 2.